The van der Waals surface area contributed by atoms with Crippen LogP contribution in [0.15, 0.2) is 0 Å². The summed E-state index contributed by atoms with van der Waals surface area (Å²) in [6, 6.07) is 0. The van der Waals surface area contributed by atoms with Gasteiger partial charge in [0.05, 0.1) is 0 Å². The Morgan fingerprint density at radius 1 is 1.40 bits per heavy atom. The first kappa shape index (κ1) is 9.19. The van der Waals surface area contributed by atoms with Crippen LogP contribution in [0.5, 0.6) is 0 Å². The first-order valence-corrected chi connectivity index (χ1v) is 2.77. The molecule has 0 aromatic heterocycles. The number of halogens is 1. The van der Waals surface area contributed by atoms with Gasteiger partial charge in [0, 0.05) is 22.9 Å². The van der Waals surface area contributed by atoms with Crippen molar-refractivity contribution in [1.82, 2.24) is 3.53 Å². The van der Waals surface area contributed by atoms with Gasteiger partial charge < -0.3 is 0 Å². The zero-order chi connectivity index (χ0) is 4.71. The highest BCUT2D eigenvalue weighted by Crippen LogP contribution is 1.50. The van der Waals surface area contributed by atoms with E-state index in [0.29, 0.717) is 0 Å². The van der Waals surface area contributed by atoms with Crippen LogP contribution in [-0.2, 0) is 0 Å². The molecule has 0 aliphatic carbocycles. The maximum absolute atomic E-state index is 2.72. The molecule has 0 aliphatic heterocycles. The molecule has 1 nitrogen and oxygen atoms in total. The van der Waals surface area contributed by atoms with E-state index >= 15 is 0 Å². The molecule has 5 heavy (non-hydrogen) atoms. The molecule has 0 heterocycles. The minimum atomic E-state index is 1.86. The Balaban J connectivity index is 0. The molecule has 0 spiro atoms. The van der Waals surface area contributed by atoms with E-state index in [1.807, 2.05) is 43.8 Å². The summed E-state index contributed by atoms with van der Waals surface area (Å²) in [6.07, 6.45) is 0. The number of hydrogen-bond donors (Lipinski definition) is 1. The van der Waals surface area contributed by atoms with E-state index in [-0.39, 0.29) is 0 Å². The van der Waals surface area contributed by atoms with E-state index < -0.39 is 0 Å². The van der Waals surface area contributed by atoms with Gasteiger partial charge in [0.15, 0.2) is 0 Å². The lowest BCUT2D eigenvalue weighted by Gasteiger charge is -1.55. The molecule has 0 amide bonds. The van der Waals surface area contributed by atoms with Crippen LogP contribution in [0.4, 0.5) is 0 Å². The predicted molar refractivity (Wildman–Crippen MR) is 34.4 cm³/mol. The summed E-state index contributed by atoms with van der Waals surface area (Å²) in [5.41, 5.74) is 0. The van der Waals surface area contributed by atoms with E-state index in [0.717, 1.165) is 0 Å². The van der Waals surface area contributed by atoms with Crippen molar-refractivity contribution in [3.8, 4) is 0 Å². The van der Waals surface area contributed by atoms with Crippen LogP contribution in [-0.4, -0.2) is 7.05 Å². The average molecular weight is 187 g/mol. The van der Waals surface area contributed by atoms with Crippen LogP contribution >= 0.6 is 22.9 Å². The van der Waals surface area contributed by atoms with E-state index in [1.54, 1.807) is 0 Å². The largest absolute Gasteiger partial charge is 0.264 e. The van der Waals surface area contributed by atoms with Crippen LogP contribution in [0.25, 0.3) is 0 Å². The molecule has 0 unspecified atom stereocenters. The van der Waals surface area contributed by atoms with Crippen LogP contribution in [0.2, 0.25) is 0 Å². The maximum atomic E-state index is 2.72. The van der Waals surface area contributed by atoms with Crippen LogP contribution < -0.4 is 3.53 Å². The predicted octanol–water partition coefficient (Wildman–Crippen LogP) is 1.58. The van der Waals surface area contributed by atoms with Crippen molar-refractivity contribution in [2.75, 3.05) is 7.05 Å². The van der Waals surface area contributed by atoms with Gasteiger partial charge in [-0.25, -0.2) is 0 Å². The summed E-state index contributed by atoms with van der Waals surface area (Å²) in [5.74, 6) is 0. The summed E-state index contributed by atoms with van der Waals surface area (Å²) in [6.45, 7) is 4.00. The minimum Gasteiger partial charge on any atom is -0.264 e. The number of hydrogen-bond acceptors (Lipinski definition) is 1. The van der Waals surface area contributed by atoms with Crippen LogP contribution in [0.3, 0.4) is 0 Å². The fourth-order valence-electron chi connectivity index (χ4n) is 0. The fourth-order valence-corrected chi connectivity index (χ4v) is 0. The molecule has 34 valence electrons. The van der Waals surface area contributed by atoms with Gasteiger partial charge in [-0.2, -0.15) is 0 Å². The normalized spacial score (nSPS) is 4.80. The molecule has 0 aliphatic rings. The van der Waals surface area contributed by atoms with Crippen molar-refractivity contribution in [3.63, 3.8) is 0 Å². The number of nitrogens with one attached hydrogen (secondary N) is 1. The summed E-state index contributed by atoms with van der Waals surface area (Å²) in [7, 11) is 1.86. The molecule has 0 bridgehead atoms. The zero-order valence-corrected chi connectivity index (χ0v) is 6.04. The van der Waals surface area contributed by atoms with E-state index in [2.05, 4.69) is 3.53 Å². The molecule has 0 saturated carbocycles. The molecular weight excluding hydrogens is 177 g/mol. The molecule has 0 aromatic rings. The lowest BCUT2D eigenvalue weighted by Crippen LogP contribution is -1.74. The lowest BCUT2D eigenvalue weighted by molar-refractivity contribution is 1.37. The Morgan fingerprint density at radius 2 is 1.40 bits per heavy atom. The molecule has 0 radical (unpaired) electrons. The second kappa shape index (κ2) is 22.4. The van der Waals surface area contributed by atoms with Crippen molar-refractivity contribution in [2.24, 2.45) is 0 Å². The Kier molecular flexibility index (Phi) is 41.1. The third kappa shape index (κ3) is 71.3. The van der Waals surface area contributed by atoms with Gasteiger partial charge in [-0.3, -0.25) is 3.53 Å². The van der Waals surface area contributed by atoms with Crippen molar-refractivity contribution < 1.29 is 0 Å². The van der Waals surface area contributed by atoms with Crippen molar-refractivity contribution in [1.29, 1.82) is 0 Å². The molecule has 0 fully saturated rings. The fraction of sp³-hybridized carbons (Fsp3) is 1.00. The zero-order valence-electron chi connectivity index (χ0n) is 3.88. The molecule has 1 N–H and O–H groups in total. The van der Waals surface area contributed by atoms with Gasteiger partial charge >= 0.3 is 0 Å². The Hall–Kier alpha value is 0.690. The summed E-state index contributed by atoms with van der Waals surface area (Å²) in [5, 5.41) is 0. The Bertz CT molecular complexity index is 6.85. The third-order valence-electron chi connectivity index (χ3n) is 0. The maximum Gasteiger partial charge on any atom is 0.0166 e. The van der Waals surface area contributed by atoms with Crippen molar-refractivity contribution in [3.05, 3.63) is 0 Å². The van der Waals surface area contributed by atoms with Crippen molar-refractivity contribution in [2.45, 2.75) is 13.8 Å². The quantitative estimate of drug-likeness (QED) is 0.448. The Labute approximate surface area is 47.6 Å². The van der Waals surface area contributed by atoms with E-state index in [1.165, 1.54) is 0 Å². The lowest BCUT2D eigenvalue weighted by atomic mass is 11.0. The van der Waals surface area contributed by atoms with E-state index in [9.17, 15) is 0 Å². The average Bonchev–Trinajstić information content (AvgIpc) is 1.46. The monoisotopic (exact) mass is 187 g/mol. The smallest absolute Gasteiger partial charge is 0.0166 e. The highest BCUT2D eigenvalue weighted by Gasteiger charge is 1.29. The van der Waals surface area contributed by atoms with Crippen molar-refractivity contribution >= 4 is 22.9 Å². The van der Waals surface area contributed by atoms with Gasteiger partial charge in [0.2, 0.25) is 0 Å². The second-order valence-electron chi connectivity index (χ2n) is 0.189. The highest BCUT2D eigenvalue weighted by atomic mass is 127. The molecule has 0 atom stereocenters. The Morgan fingerprint density at radius 3 is 1.40 bits per heavy atom. The standard InChI is InChI=1S/C2H6.CH4IN/c1-2;1-3-2/h1-2H3;3H,1H3. The minimum absolute atomic E-state index is 1.86. The van der Waals surface area contributed by atoms with Gasteiger partial charge in [-0.15, -0.1) is 0 Å². The molecular formula is C3H10IN. The molecule has 2 heteroatoms. The van der Waals surface area contributed by atoms with Crippen LogP contribution in [0, 0.1) is 0 Å². The summed E-state index contributed by atoms with van der Waals surface area (Å²) < 4.78 is 2.72. The van der Waals surface area contributed by atoms with Gasteiger partial charge in [0.25, 0.3) is 0 Å². The SMILES string of the molecule is CC.CNI. The topological polar surface area (TPSA) is 12.0 Å². The number of rotatable bonds is 0. The van der Waals surface area contributed by atoms with Gasteiger partial charge in [-0.1, -0.05) is 13.8 Å². The molecule has 0 saturated heterocycles. The first-order valence-electron chi connectivity index (χ1n) is 1.69. The summed E-state index contributed by atoms with van der Waals surface area (Å²) >= 11 is 2.04. The third-order valence-corrected chi connectivity index (χ3v) is 0. The summed E-state index contributed by atoms with van der Waals surface area (Å²) in [4.78, 5) is 0. The first-order chi connectivity index (χ1) is 2.41. The molecule has 0 aromatic carbocycles. The van der Waals surface area contributed by atoms with Gasteiger partial charge in [-0.05, 0) is 7.05 Å². The second-order valence-corrected chi connectivity index (χ2v) is 1.27. The van der Waals surface area contributed by atoms with E-state index in [4.69, 9.17) is 0 Å². The van der Waals surface area contributed by atoms with Gasteiger partial charge in [0.1, 0.15) is 0 Å². The highest BCUT2D eigenvalue weighted by molar-refractivity contribution is 14.1. The van der Waals surface area contributed by atoms with Crippen LogP contribution in [0.1, 0.15) is 13.8 Å². The molecule has 0 rings (SSSR count).